The Balaban J connectivity index is 4.42. The van der Waals surface area contributed by atoms with E-state index < -0.39 is 0 Å². The summed E-state index contributed by atoms with van der Waals surface area (Å²) in [6.07, 6.45) is 0. The monoisotopic (exact) mass is 271 g/mol. The predicted molar refractivity (Wildman–Crippen MR) is 86.8 cm³/mol. The van der Waals surface area contributed by atoms with Crippen LogP contribution in [-0.4, -0.2) is 61.7 Å². The predicted octanol–water partition coefficient (Wildman–Crippen LogP) is 2.67. The summed E-state index contributed by atoms with van der Waals surface area (Å²) in [5.74, 6) is 0. The molecule has 0 heterocycles. The average molecular weight is 271 g/mol. The van der Waals surface area contributed by atoms with Gasteiger partial charge in [-0.25, -0.2) is 0 Å². The van der Waals surface area contributed by atoms with E-state index in [-0.39, 0.29) is 5.54 Å². The van der Waals surface area contributed by atoms with Crippen LogP contribution in [-0.2, 0) is 0 Å². The Morgan fingerprint density at radius 1 is 1.05 bits per heavy atom. The molecular weight excluding hydrogens is 234 g/mol. The third-order valence-corrected chi connectivity index (χ3v) is 3.39. The van der Waals surface area contributed by atoms with E-state index in [2.05, 4.69) is 77.7 Å². The molecule has 0 radical (unpaired) electrons. The molecule has 0 aliphatic carbocycles. The fraction of sp³-hybridized carbons (Fsp3) is 1.00. The number of hydrogen-bond acceptors (Lipinski definition) is 3. The highest BCUT2D eigenvalue weighted by Gasteiger charge is 2.25. The minimum absolute atomic E-state index is 0.198. The summed E-state index contributed by atoms with van der Waals surface area (Å²) in [5, 5.41) is 3.63. The van der Waals surface area contributed by atoms with Gasteiger partial charge in [0.05, 0.1) is 0 Å². The lowest BCUT2D eigenvalue weighted by Crippen LogP contribution is -2.49. The van der Waals surface area contributed by atoms with Crippen LogP contribution in [0.25, 0.3) is 0 Å². The van der Waals surface area contributed by atoms with Gasteiger partial charge in [-0.3, -0.25) is 4.90 Å². The molecule has 0 rings (SSSR count). The molecule has 1 N–H and O–H groups in total. The van der Waals surface area contributed by atoms with Gasteiger partial charge >= 0.3 is 0 Å². The first kappa shape index (κ1) is 18.9. The van der Waals surface area contributed by atoms with Crippen molar-refractivity contribution >= 4 is 0 Å². The molecule has 0 saturated carbocycles. The number of rotatable bonds is 8. The first-order valence-corrected chi connectivity index (χ1v) is 7.60. The van der Waals surface area contributed by atoms with Crippen molar-refractivity contribution in [3.05, 3.63) is 0 Å². The molecule has 0 aromatic rings. The summed E-state index contributed by atoms with van der Waals surface area (Å²) in [6.45, 7) is 20.4. The highest BCUT2D eigenvalue weighted by Crippen LogP contribution is 2.19. The lowest BCUT2D eigenvalue weighted by atomic mass is 9.90. The summed E-state index contributed by atoms with van der Waals surface area (Å²) < 4.78 is 0. The van der Waals surface area contributed by atoms with Gasteiger partial charge in [0.15, 0.2) is 0 Å². The van der Waals surface area contributed by atoms with E-state index in [1.807, 2.05) is 0 Å². The second-order valence-electron chi connectivity index (χ2n) is 7.94. The van der Waals surface area contributed by atoms with Crippen molar-refractivity contribution in [2.45, 2.75) is 60.0 Å². The minimum Gasteiger partial charge on any atom is -0.311 e. The van der Waals surface area contributed by atoms with Gasteiger partial charge in [-0.2, -0.15) is 0 Å². The number of likely N-dealkylation sites (N-methyl/N-ethyl adjacent to an activating group) is 2. The lowest BCUT2D eigenvalue weighted by molar-refractivity contribution is 0.118. The Hall–Kier alpha value is -0.120. The van der Waals surface area contributed by atoms with E-state index in [4.69, 9.17) is 0 Å². The van der Waals surface area contributed by atoms with Crippen LogP contribution in [0.3, 0.4) is 0 Å². The SMILES string of the molecule is CCN(CC(C)(C)CNC(C)(C)C)C(C)CN(C)C. The Kier molecular flexibility index (Phi) is 7.56. The topological polar surface area (TPSA) is 18.5 Å². The zero-order valence-corrected chi connectivity index (χ0v) is 14.8. The van der Waals surface area contributed by atoms with Crippen molar-refractivity contribution < 1.29 is 0 Å². The maximum Gasteiger partial charge on any atom is 0.0194 e. The van der Waals surface area contributed by atoms with Crippen LogP contribution in [0.1, 0.15) is 48.5 Å². The number of nitrogens with zero attached hydrogens (tertiary/aromatic N) is 2. The molecule has 0 aromatic heterocycles. The largest absolute Gasteiger partial charge is 0.311 e. The lowest BCUT2D eigenvalue weighted by Gasteiger charge is -2.38. The summed E-state index contributed by atoms with van der Waals surface area (Å²) in [7, 11) is 4.30. The van der Waals surface area contributed by atoms with Gasteiger partial charge in [0.2, 0.25) is 0 Å². The van der Waals surface area contributed by atoms with E-state index in [1.54, 1.807) is 0 Å². The van der Waals surface area contributed by atoms with Gasteiger partial charge in [0.25, 0.3) is 0 Å². The van der Waals surface area contributed by atoms with Gasteiger partial charge in [-0.1, -0.05) is 20.8 Å². The van der Waals surface area contributed by atoms with E-state index in [0.717, 1.165) is 26.2 Å². The smallest absolute Gasteiger partial charge is 0.0194 e. The van der Waals surface area contributed by atoms with Crippen LogP contribution in [0.15, 0.2) is 0 Å². The van der Waals surface area contributed by atoms with Gasteiger partial charge in [0.1, 0.15) is 0 Å². The van der Waals surface area contributed by atoms with Gasteiger partial charge in [-0.05, 0) is 53.8 Å². The fourth-order valence-corrected chi connectivity index (χ4v) is 2.33. The molecule has 19 heavy (non-hydrogen) atoms. The molecule has 0 aliphatic heterocycles. The fourth-order valence-electron chi connectivity index (χ4n) is 2.33. The molecule has 0 aromatic carbocycles. The molecule has 0 saturated heterocycles. The van der Waals surface area contributed by atoms with Crippen LogP contribution in [0, 0.1) is 5.41 Å². The molecule has 0 fully saturated rings. The van der Waals surface area contributed by atoms with Crippen molar-refractivity contribution in [1.29, 1.82) is 0 Å². The third-order valence-electron chi connectivity index (χ3n) is 3.39. The molecule has 3 nitrogen and oxygen atoms in total. The van der Waals surface area contributed by atoms with Crippen molar-refractivity contribution in [1.82, 2.24) is 15.1 Å². The number of nitrogens with one attached hydrogen (secondary N) is 1. The Morgan fingerprint density at radius 3 is 1.95 bits per heavy atom. The van der Waals surface area contributed by atoms with Crippen molar-refractivity contribution in [2.75, 3.05) is 40.3 Å². The normalized spacial score (nSPS) is 15.3. The first-order valence-electron chi connectivity index (χ1n) is 7.60. The molecular formula is C16H37N3. The molecule has 1 atom stereocenters. The van der Waals surface area contributed by atoms with E-state index in [9.17, 15) is 0 Å². The highest BCUT2D eigenvalue weighted by atomic mass is 15.2. The first-order chi connectivity index (χ1) is 8.47. The van der Waals surface area contributed by atoms with Crippen molar-refractivity contribution in [3.8, 4) is 0 Å². The molecule has 0 bridgehead atoms. The van der Waals surface area contributed by atoms with Crippen molar-refractivity contribution in [2.24, 2.45) is 5.41 Å². The standard InChI is InChI=1S/C16H37N3/c1-10-19(14(2)11-18(8)9)13-16(6,7)12-17-15(3,4)5/h14,17H,10-13H2,1-9H3. The van der Waals surface area contributed by atoms with Gasteiger partial charge < -0.3 is 10.2 Å². The van der Waals surface area contributed by atoms with Gasteiger partial charge in [-0.15, -0.1) is 0 Å². The molecule has 0 aliphatic rings. The van der Waals surface area contributed by atoms with E-state index in [0.29, 0.717) is 11.5 Å². The minimum atomic E-state index is 0.198. The quantitative estimate of drug-likeness (QED) is 0.732. The zero-order chi connectivity index (χ0) is 15.3. The average Bonchev–Trinajstić information content (AvgIpc) is 2.21. The Bertz CT molecular complexity index is 241. The molecule has 3 heteroatoms. The maximum atomic E-state index is 3.63. The summed E-state index contributed by atoms with van der Waals surface area (Å²) in [5.41, 5.74) is 0.493. The van der Waals surface area contributed by atoms with Crippen LogP contribution in [0.2, 0.25) is 0 Å². The van der Waals surface area contributed by atoms with Crippen LogP contribution in [0.4, 0.5) is 0 Å². The third kappa shape index (κ3) is 9.42. The van der Waals surface area contributed by atoms with E-state index >= 15 is 0 Å². The second-order valence-corrected chi connectivity index (χ2v) is 7.94. The molecule has 1 unspecified atom stereocenters. The summed E-state index contributed by atoms with van der Waals surface area (Å²) >= 11 is 0. The van der Waals surface area contributed by atoms with Crippen molar-refractivity contribution in [3.63, 3.8) is 0 Å². The van der Waals surface area contributed by atoms with Crippen LogP contribution < -0.4 is 5.32 Å². The second kappa shape index (κ2) is 7.61. The Labute approximate surface area is 121 Å². The molecule has 0 spiro atoms. The zero-order valence-electron chi connectivity index (χ0n) is 14.8. The number of hydrogen-bond donors (Lipinski definition) is 1. The van der Waals surface area contributed by atoms with Crippen LogP contribution >= 0.6 is 0 Å². The molecule has 0 amide bonds. The van der Waals surface area contributed by atoms with E-state index in [1.165, 1.54) is 0 Å². The van der Waals surface area contributed by atoms with Gasteiger partial charge in [0, 0.05) is 31.2 Å². The summed E-state index contributed by atoms with van der Waals surface area (Å²) in [6, 6.07) is 0.605. The van der Waals surface area contributed by atoms with Crippen LogP contribution in [0.5, 0.6) is 0 Å². The summed E-state index contributed by atoms with van der Waals surface area (Å²) in [4.78, 5) is 4.86. The molecule has 116 valence electrons. The Morgan fingerprint density at radius 2 is 1.58 bits per heavy atom. The maximum absolute atomic E-state index is 3.63. The highest BCUT2D eigenvalue weighted by molar-refractivity contribution is 4.82.